The molecule has 0 radical (unpaired) electrons. The van der Waals surface area contributed by atoms with Crippen LogP contribution in [0.2, 0.25) is 0 Å². The fraction of sp³-hybridized carbons (Fsp3) is 0.722. The molecule has 1 aromatic rings. The highest BCUT2D eigenvalue weighted by molar-refractivity contribution is 5.14. The zero-order chi connectivity index (χ0) is 16.7. The number of nitrogens with zero attached hydrogens (tertiary/aromatic N) is 2. The van der Waals surface area contributed by atoms with E-state index in [0.717, 1.165) is 24.9 Å². The van der Waals surface area contributed by atoms with Crippen LogP contribution in [0.15, 0.2) is 24.5 Å². The molecule has 3 rings (SSSR count). The Labute approximate surface area is 138 Å². The van der Waals surface area contributed by atoms with Crippen molar-refractivity contribution < 1.29 is 14.6 Å². The number of aromatic nitrogens is 1. The summed E-state index contributed by atoms with van der Waals surface area (Å²) in [7, 11) is 3.78. The first-order valence-corrected chi connectivity index (χ1v) is 8.34. The van der Waals surface area contributed by atoms with Crippen LogP contribution in [-0.4, -0.2) is 59.1 Å². The van der Waals surface area contributed by atoms with Crippen molar-refractivity contribution in [3.63, 3.8) is 0 Å². The van der Waals surface area contributed by atoms with Gasteiger partial charge in [0, 0.05) is 26.0 Å². The van der Waals surface area contributed by atoms with E-state index in [1.54, 1.807) is 13.3 Å². The first-order chi connectivity index (χ1) is 10.9. The lowest BCUT2D eigenvalue weighted by atomic mass is 9.78. The molecular weight excluding hydrogens is 292 g/mol. The molecule has 1 aromatic heterocycles. The molecule has 1 N–H and O–H groups in total. The van der Waals surface area contributed by atoms with E-state index in [1.807, 2.05) is 19.3 Å². The summed E-state index contributed by atoms with van der Waals surface area (Å²) >= 11 is 0. The SMILES string of the molecule is CO[C@@H]1C[C@@H]2CC(C)(C)OC[C@@]2(O)[C@H]1N(C)Cc1cccnc1. The van der Waals surface area contributed by atoms with E-state index < -0.39 is 5.60 Å². The number of ether oxygens (including phenoxy) is 2. The molecule has 5 nitrogen and oxygen atoms in total. The summed E-state index contributed by atoms with van der Waals surface area (Å²) in [4.78, 5) is 6.36. The number of likely N-dealkylation sites (N-methyl/N-ethyl adjacent to an activating group) is 1. The third kappa shape index (κ3) is 3.15. The number of hydrogen-bond acceptors (Lipinski definition) is 5. The van der Waals surface area contributed by atoms with Crippen molar-refractivity contribution in [1.29, 1.82) is 0 Å². The summed E-state index contributed by atoms with van der Waals surface area (Å²) < 4.78 is 11.7. The Bertz CT molecular complexity index is 536. The van der Waals surface area contributed by atoms with Crippen molar-refractivity contribution in [2.45, 2.75) is 56.6 Å². The van der Waals surface area contributed by atoms with Crippen LogP contribution in [0, 0.1) is 5.92 Å². The average molecular weight is 320 g/mol. The molecular formula is C18H28N2O3. The van der Waals surface area contributed by atoms with Crippen molar-refractivity contribution in [2.24, 2.45) is 5.92 Å². The molecule has 128 valence electrons. The van der Waals surface area contributed by atoms with E-state index in [2.05, 4.69) is 29.8 Å². The van der Waals surface area contributed by atoms with Gasteiger partial charge in [0.15, 0.2) is 0 Å². The Morgan fingerprint density at radius 1 is 1.48 bits per heavy atom. The zero-order valence-corrected chi connectivity index (χ0v) is 14.5. The number of fused-ring (bicyclic) bond motifs is 1. The van der Waals surface area contributed by atoms with Gasteiger partial charge < -0.3 is 14.6 Å². The van der Waals surface area contributed by atoms with Crippen molar-refractivity contribution in [2.75, 3.05) is 20.8 Å². The van der Waals surface area contributed by atoms with Gasteiger partial charge in [0.1, 0.15) is 5.60 Å². The maximum Gasteiger partial charge on any atom is 0.109 e. The molecule has 5 heteroatoms. The van der Waals surface area contributed by atoms with Crippen molar-refractivity contribution >= 4 is 0 Å². The molecule has 23 heavy (non-hydrogen) atoms. The van der Waals surface area contributed by atoms with Crippen LogP contribution in [0.3, 0.4) is 0 Å². The maximum absolute atomic E-state index is 11.4. The topological polar surface area (TPSA) is 54.8 Å². The van der Waals surface area contributed by atoms with E-state index in [-0.39, 0.29) is 23.7 Å². The van der Waals surface area contributed by atoms with Gasteiger partial charge in [0.05, 0.1) is 24.4 Å². The fourth-order valence-electron chi connectivity index (χ4n) is 4.37. The summed E-state index contributed by atoms with van der Waals surface area (Å²) in [5, 5.41) is 11.4. The van der Waals surface area contributed by atoms with Crippen LogP contribution in [-0.2, 0) is 16.0 Å². The molecule has 0 spiro atoms. The average Bonchev–Trinajstić information content (AvgIpc) is 2.79. The van der Waals surface area contributed by atoms with Gasteiger partial charge in [-0.05, 0) is 51.3 Å². The van der Waals surface area contributed by atoms with Gasteiger partial charge in [0.25, 0.3) is 0 Å². The fourth-order valence-corrected chi connectivity index (χ4v) is 4.37. The van der Waals surface area contributed by atoms with Crippen molar-refractivity contribution in [1.82, 2.24) is 9.88 Å². The number of methoxy groups -OCH3 is 1. The first kappa shape index (κ1) is 16.8. The van der Waals surface area contributed by atoms with Crippen LogP contribution in [0.5, 0.6) is 0 Å². The molecule has 0 amide bonds. The molecule has 2 aliphatic rings. The second-order valence-corrected chi connectivity index (χ2v) is 7.67. The highest BCUT2D eigenvalue weighted by atomic mass is 16.5. The summed E-state index contributed by atoms with van der Waals surface area (Å²) in [6.07, 6.45) is 5.40. The summed E-state index contributed by atoms with van der Waals surface area (Å²) in [6.45, 7) is 5.30. The summed E-state index contributed by atoms with van der Waals surface area (Å²) in [5.41, 5.74) is 0.105. The van der Waals surface area contributed by atoms with Gasteiger partial charge in [-0.3, -0.25) is 9.88 Å². The molecule has 1 saturated carbocycles. The maximum atomic E-state index is 11.4. The Balaban J connectivity index is 1.81. The number of hydrogen-bond donors (Lipinski definition) is 1. The van der Waals surface area contributed by atoms with Crippen LogP contribution in [0.4, 0.5) is 0 Å². The molecule has 0 unspecified atom stereocenters. The molecule has 2 heterocycles. The normalized spacial score (nSPS) is 36.2. The molecule has 4 atom stereocenters. The molecule has 2 fully saturated rings. The number of aliphatic hydroxyl groups is 1. The Morgan fingerprint density at radius 3 is 2.91 bits per heavy atom. The number of pyridine rings is 1. The van der Waals surface area contributed by atoms with Gasteiger partial charge in [-0.15, -0.1) is 0 Å². The van der Waals surface area contributed by atoms with Gasteiger partial charge >= 0.3 is 0 Å². The predicted molar refractivity (Wildman–Crippen MR) is 88.0 cm³/mol. The minimum Gasteiger partial charge on any atom is -0.385 e. The zero-order valence-electron chi connectivity index (χ0n) is 14.5. The molecule has 1 aliphatic heterocycles. The Hall–Kier alpha value is -1.01. The summed E-state index contributed by atoms with van der Waals surface area (Å²) in [5.74, 6) is 0.206. The van der Waals surface area contributed by atoms with E-state index in [9.17, 15) is 5.11 Å². The lowest BCUT2D eigenvalue weighted by Gasteiger charge is -2.47. The predicted octanol–water partition coefficient (Wildman–Crippen LogP) is 1.85. The van der Waals surface area contributed by atoms with Gasteiger partial charge in [0.2, 0.25) is 0 Å². The third-order valence-corrected chi connectivity index (χ3v) is 5.45. The lowest BCUT2D eigenvalue weighted by Crippen LogP contribution is -2.60. The second-order valence-electron chi connectivity index (χ2n) is 7.67. The van der Waals surface area contributed by atoms with E-state index in [0.29, 0.717) is 6.61 Å². The molecule has 1 aliphatic carbocycles. The van der Waals surface area contributed by atoms with Gasteiger partial charge in [-0.1, -0.05) is 6.07 Å². The van der Waals surface area contributed by atoms with Crippen molar-refractivity contribution in [3.8, 4) is 0 Å². The highest BCUT2D eigenvalue weighted by Gasteiger charge is 2.59. The number of rotatable bonds is 4. The largest absolute Gasteiger partial charge is 0.385 e. The standard InChI is InChI=1S/C18H28N2O3/c1-17(2)9-14-8-15(22-4)16(18(14,21)12-23-17)20(3)11-13-6-5-7-19-10-13/h5-7,10,14-16,21H,8-9,11-12H2,1-4H3/t14-,15-,16+,18+/m1/s1. The highest BCUT2D eigenvalue weighted by Crippen LogP contribution is 2.48. The third-order valence-electron chi connectivity index (χ3n) is 5.45. The van der Waals surface area contributed by atoms with Gasteiger partial charge in [-0.25, -0.2) is 0 Å². The monoisotopic (exact) mass is 320 g/mol. The summed E-state index contributed by atoms with van der Waals surface area (Å²) in [6, 6.07) is 3.92. The molecule has 1 saturated heterocycles. The second kappa shape index (κ2) is 6.13. The lowest BCUT2D eigenvalue weighted by molar-refractivity contribution is -0.197. The molecule has 0 aromatic carbocycles. The van der Waals surface area contributed by atoms with E-state index in [1.165, 1.54) is 0 Å². The molecule has 0 bridgehead atoms. The smallest absolute Gasteiger partial charge is 0.109 e. The van der Waals surface area contributed by atoms with Crippen LogP contribution in [0.25, 0.3) is 0 Å². The Kier molecular flexibility index (Phi) is 4.49. The first-order valence-electron chi connectivity index (χ1n) is 8.34. The van der Waals surface area contributed by atoms with Crippen LogP contribution < -0.4 is 0 Å². The van der Waals surface area contributed by atoms with Gasteiger partial charge in [-0.2, -0.15) is 0 Å². The minimum absolute atomic E-state index is 0.0178. The Morgan fingerprint density at radius 2 is 2.26 bits per heavy atom. The minimum atomic E-state index is -0.854. The quantitative estimate of drug-likeness (QED) is 0.917. The van der Waals surface area contributed by atoms with Crippen LogP contribution >= 0.6 is 0 Å². The van der Waals surface area contributed by atoms with Crippen molar-refractivity contribution in [3.05, 3.63) is 30.1 Å². The van der Waals surface area contributed by atoms with E-state index in [4.69, 9.17) is 9.47 Å². The van der Waals surface area contributed by atoms with E-state index >= 15 is 0 Å². The van der Waals surface area contributed by atoms with Crippen LogP contribution in [0.1, 0.15) is 32.3 Å².